The quantitative estimate of drug-likeness (QED) is 0.530. The molecule has 1 fully saturated rings. The number of hydrogen-bond acceptors (Lipinski definition) is 2. The molecule has 0 aliphatic carbocycles. The molecule has 0 aromatic heterocycles. The monoisotopic (exact) mass is 154 g/mol. The molecular weight excluding hydrogens is 140 g/mol. The molecule has 1 rings (SSSR count). The van der Waals surface area contributed by atoms with Crippen LogP contribution in [0.5, 0.6) is 0 Å². The first-order valence-electron chi connectivity index (χ1n) is 4.12. The summed E-state index contributed by atoms with van der Waals surface area (Å²) in [4.78, 5) is 0. The number of aliphatic hydroxyl groups excluding tert-OH is 1. The molecule has 11 heavy (non-hydrogen) atoms. The summed E-state index contributed by atoms with van der Waals surface area (Å²) in [5.74, 6) is 6.00. The van der Waals surface area contributed by atoms with Gasteiger partial charge in [-0.15, -0.1) is 5.92 Å². The van der Waals surface area contributed by atoms with Gasteiger partial charge in [0, 0.05) is 13.0 Å². The fourth-order valence-electron chi connectivity index (χ4n) is 1.14. The van der Waals surface area contributed by atoms with E-state index in [9.17, 15) is 5.11 Å². The Hall–Kier alpha value is -0.520. The van der Waals surface area contributed by atoms with Gasteiger partial charge in [-0.1, -0.05) is 12.8 Å². The van der Waals surface area contributed by atoms with E-state index >= 15 is 0 Å². The fraction of sp³-hybridized carbons (Fsp3) is 0.778. The van der Waals surface area contributed by atoms with Gasteiger partial charge in [0.1, 0.15) is 0 Å². The first-order valence-corrected chi connectivity index (χ1v) is 4.12. The molecule has 2 nitrogen and oxygen atoms in total. The minimum atomic E-state index is -0.650. The molecule has 1 aliphatic rings. The number of aliphatic hydroxyl groups is 1. The van der Waals surface area contributed by atoms with Crippen LogP contribution < -0.4 is 0 Å². The SMILES string of the molecule is CCC#C[C@H]1CCCO[C@H]1O. The van der Waals surface area contributed by atoms with Crippen molar-refractivity contribution in [1.29, 1.82) is 0 Å². The predicted molar refractivity (Wildman–Crippen MR) is 42.7 cm³/mol. The van der Waals surface area contributed by atoms with E-state index < -0.39 is 6.29 Å². The molecule has 1 aliphatic heterocycles. The van der Waals surface area contributed by atoms with Gasteiger partial charge in [0.05, 0.1) is 5.92 Å². The van der Waals surface area contributed by atoms with E-state index in [0.29, 0.717) is 6.61 Å². The summed E-state index contributed by atoms with van der Waals surface area (Å²) in [5.41, 5.74) is 0. The minimum Gasteiger partial charge on any atom is -0.367 e. The van der Waals surface area contributed by atoms with Gasteiger partial charge in [0.25, 0.3) is 0 Å². The zero-order chi connectivity index (χ0) is 8.10. The molecule has 1 saturated heterocycles. The van der Waals surface area contributed by atoms with E-state index in [1.165, 1.54) is 0 Å². The standard InChI is InChI=1S/C9H14O2/c1-2-3-5-8-6-4-7-11-9(8)10/h8-10H,2,4,6-7H2,1H3/t8-,9+/m0/s1. The Morgan fingerprint density at radius 3 is 3.09 bits per heavy atom. The van der Waals surface area contributed by atoms with Crippen molar-refractivity contribution in [3.63, 3.8) is 0 Å². The first kappa shape index (κ1) is 8.58. The van der Waals surface area contributed by atoms with Crippen LogP contribution >= 0.6 is 0 Å². The Morgan fingerprint density at radius 1 is 1.64 bits per heavy atom. The second-order valence-electron chi connectivity index (χ2n) is 2.68. The highest BCUT2D eigenvalue weighted by Gasteiger charge is 2.21. The summed E-state index contributed by atoms with van der Waals surface area (Å²) in [6.45, 7) is 2.68. The van der Waals surface area contributed by atoms with Crippen LogP contribution in [-0.4, -0.2) is 18.0 Å². The van der Waals surface area contributed by atoms with Crippen LogP contribution in [-0.2, 0) is 4.74 Å². The van der Waals surface area contributed by atoms with Crippen molar-refractivity contribution >= 4 is 0 Å². The Kier molecular flexibility index (Phi) is 3.41. The molecule has 0 radical (unpaired) electrons. The molecule has 0 bridgehead atoms. The van der Waals surface area contributed by atoms with E-state index in [4.69, 9.17) is 4.74 Å². The summed E-state index contributed by atoms with van der Waals surface area (Å²) >= 11 is 0. The highest BCUT2D eigenvalue weighted by atomic mass is 16.6. The summed E-state index contributed by atoms with van der Waals surface area (Å²) < 4.78 is 5.04. The summed E-state index contributed by atoms with van der Waals surface area (Å²) in [5, 5.41) is 9.27. The number of ether oxygens (including phenoxy) is 1. The van der Waals surface area contributed by atoms with E-state index in [1.807, 2.05) is 6.92 Å². The second kappa shape index (κ2) is 4.38. The number of hydrogen-bond donors (Lipinski definition) is 1. The average Bonchev–Trinajstić information content (AvgIpc) is 2.03. The zero-order valence-corrected chi connectivity index (χ0v) is 6.84. The molecule has 2 heteroatoms. The third-order valence-electron chi connectivity index (χ3n) is 1.76. The molecule has 0 spiro atoms. The van der Waals surface area contributed by atoms with Crippen molar-refractivity contribution in [2.24, 2.45) is 5.92 Å². The highest BCUT2D eigenvalue weighted by molar-refractivity contribution is 5.04. The molecule has 0 aromatic carbocycles. The van der Waals surface area contributed by atoms with Gasteiger partial charge in [-0.3, -0.25) is 0 Å². The lowest BCUT2D eigenvalue weighted by Gasteiger charge is -2.23. The van der Waals surface area contributed by atoms with Gasteiger partial charge in [-0.25, -0.2) is 0 Å². The van der Waals surface area contributed by atoms with Crippen LogP contribution in [0.25, 0.3) is 0 Å². The molecule has 2 atom stereocenters. The van der Waals surface area contributed by atoms with Gasteiger partial charge >= 0.3 is 0 Å². The lowest BCUT2D eigenvalue weighted by atomic mass is 10.0. The maximum atomic E-state index is 9.27. The third-order valence-corrected chi connectivity index (χ3v) is 1.76. The Morgan fingerprint density at radius 2 is 2.45 bits per heavy atom. The van der Waals surface area contributed by atoms with E-state index in [-0.39, 0.29) is 5.92 Å². The van der Waals surface area contributed by atoms with Gasteiger partial charge in [0.2, 0.25) is 0 Å². The van der Waals surface area contributed by atoms with E-state index in [0.717, 1.165) is 19.3 Å². The Balaban J connectivity index is 2.41. The molecule has 0 unspecified atom stereocenters. The predicted octanol–water partition coefficient (Wildman–Crippen LogP) is 1.14. The molecule has 62 valence electrons. The molecule has 0 amide bonds. The van der Waals surface area contributed by atoms with Crippen molar-refractivity contribution in [1.82, 2.24) is 0 Å². The first-order chi connectivity index (χ1) is 5.34. The normalized spacial score (nSPS) is 30.7. The van der Waals surface area contributed by atoms with Gasteiger partial charge in [0.15, 0.2) is 6.29 Å². The maximum Gasteiger partial charge on any atom is 0.168 e. The van der Waals surface area contributed by atoms with Gasteiger partial charge < -0.3 is 9.84 Å². The van der Waals surface area contributed by atoms with Crippen LogP contribution in [0.3, 0.4) is 0 Å². The number of rotatable bonds is 0. The lowest BCUT2D eigenvalue weighted by molar-refractivity contribution is -0.144. The van der Waals surface area contributed by atoms with Crippen molar-refractivity contribution in [2.45, 2.75) is 32.5 Å². The summed E-state index contributed by atoms with van der Waals surface area (Å²) in [6, 6.07) is 0. The topological polar surface area (TPSA) is 29.5 Å². The largest absolute Gasteiger partial charge is 0.367 e. The van der Waals surface area contributed by atoms with Crippen LogP contribution in [0.15, 0.2) is 0 Å². The third kappa shape index (κ3) is 2.53. The molecule has 0 saturated carbocycles. The smallest absolute Gasteiger partial charge is 0.168 e. The molecule has 0 aromatic rings. The minimum absolute atomic E-state index is 0.0451. The lowest BCUT2D eigenvalue weighted by Crippen LogP contribution is -2.27. The van der Waals surface area contributed by atoms with Crippen molar-refractivity contribution in [2.75, 3.05) is 6.61 Å². The van der Waals surface area contributed by atoms with Crippen LogP contribution in [0.1, 0.15) is 26.2 Å². The second-order valence-corrected chi connectivity index (χ2v) is 2.68. The summed E-state index contributed by atoms with van der Waals surface area (Å²) in [6.07, 6.45) is 2.18. The Labute approximate surface area is 67.6 Å². The Bertz CT molecular complexity index is 166. The summed E-state index contributed by atoms with van der Waals surface area (Å²) in [7, 11) is 0. The van der Waals surface area contributed by atoms with Crippen molar-refractivity contribution in [3.05, 3.63) is 0 Å². The highest BCUT2D eigenvalue weighted by Crippen LogP contribution is 2.17. The van der Waals surface area contributed by atoms with E-state index in [2.05, 4.69) is 11.8 Å². The van der Waals surface area contributed by atoms with Crippen LogP contribution in [0, 0.1) is 17.8 Å². The van der Waals surface area contributed by atoms with Gasteiger partial charge in [-0.2, -0.15) is 0 Å². The van der Waals surface area contributed by atoms with Crippen molar-refractivity contribution < 1.29 is 9.84 Å². The molecule has 1 heterocycles. The van der Waals surface area contributed by atoms with Crippen LogP contribution in [0.4, 0.5) is 0 Å². The maximum absolute atomic E-state index is 9.27. The zero-order valence-electron chi connectivity index (χ0n) is 6.84. The molecule has 1 N–H and O–H groups in total. The van der Waals surface area contributed by atoms with E-state index in [1.54, 1.807) is 0 Å². The average molecular weight is 154 g/mol. The molecular formula is C9H14O2. The van der Waals surface area contributed by atoms with Gasteiger partial charge in [-0.05, 0) is 12.8 Å². The van der Waals surface area contributed by atoms with Crippen LogP contribution in [0.2, 0.25) is 0 Å². The fourth-order valence-corrected chi connectivity index (χ4v) is 1.14. The van der Waals surface area contributed by atoms with Crippen molar-refractivity contribution in [3.8, 4) is 11.8 Å².